The van der Waals surface area contributed by atoms with Crippen LogP contribution in [0.1, 0.15) is 40.7 Å². The van der Waals surface area contributed by atoms with Crippen molar-refractivity contribution in [1.82, 2.24) is 10.2 Å². The molecule has 1 amide bonds. The third-order valence-corrected chi connectivity index (χ3v) is 5.18. The van der Waals surface area contributed by atoms with Crippen LogP contribution in [0.2, 0.25) is 0 Å². The molecule has 1 fully saturated rings. The fourth-order valence-corrected chi connectivity index (χ4v) is 3.49. The van der Waals surface area contributed by atoms with Gasteiger partial charge in [-0.15, -0.1) is 0 Å². The molecule has 0 unspecified atom stereocenters. The smallest absolute Gasteiger partial charge is 0.251 e. The number of hydrogen-bond donors (Lipinski definition) is 1. The van der Waals surface area contributed by atoms with Gasteiger partial charge in [0.05, 0.1) is 6.61 Å². The van der Waals surface area contributed by atoms with Crippen molar-refractivity contribution < 1.29 is 9.53 Å². The van der Waals surface area contributed by atoms with Gasteiger partial charge in [0.2, 0.25) is 0 Å². The zero-order chi connectivity index (χ0) is 19.1. The van der Waals surface area contributed by atoms with Crippen LogP contribution in [-0.2, 0) is 0 Å². The first-order chi connectivity index (χ1) is 13.1. The van der Waals surface area contributed by atoms with Gasteiger partial charge in [0.1, 0.15) is 5.75 Å². The Labute approximate surface area is 162 Å². The molecule has 1 heterocycles. The van der Waals surface area contributed by atoms with Gasteiger partial charge in [-0.2, -0.15) is 0 Å². The maximum Gasteiger partial charge on any atom is 0.251 e. The Hall–Kier alpha value is -2.33. The lowest BCUT2D eigenvalue weighted by Gasteiger charge is -2.32. The summed E-state index contributed by atoms with van der Waals surface area (Å²) in [5.41, 5.74) is 3.16. The molecule has 0 radical (unpaired) electrons. The normalized spacial score (nSPS) is 15.5. The van der Waals surface area contributed by atoms with Crippen molar-refractivity contribution in [2.75, 3.05) is 26.2 Å². The number of nitrogens with zero attached hydrogens (tertiary/aromatic N) is 1. The van der Waals surface area contributed by atoms with Crippen molar-refractivity contribution in [3.05, 3.63) is 65.2 Å². The average Bonchev–Trinajstić information content (AvgIpc) is 2.69. The first-order valence-corrected chi connectivity index (χ1v) is 9.90. The minimum absolute atomic E-state index is 0.0379. The van der Waals surface area contributed by atoms with Crippen LogP contribution in [0.25, 0.3) is 0 Å². The molecule has 0 aromatic heterocycles. The van der Waals surface area contributed by atoms with Crippen LogP contribution < -0.4 is 10.1 Å². The maximum atomic E-state index is 12.3. The predicted octanol–water partition coefficient (Wildman–Crippen LogP) is 3.97. The van der Waals surface area contributed by atoms with Crippen molar-refractivity contribution in [2.45, 2.75) is 39.2 Å². The van der Waals surface area contributed by atoms with Crippen molar-refractivity contribution >= 4 is 5.91 Å². The molecular weight excluding hydrogens is 336 g/mol. The average molecular weight is 367 g/mol. The van der Waals surface area contributed by atoms with E-state index in [2.05, 4.69) is 42.3 Å². The molecule has 4 nitrogen and oxygen atoms in total. The van der Waals surface area contributed by atoms with Crippen molar-refractivity contribution in [2.24, 2.45) is 0 Å². The number of nitrogens with one attached hydrogen (secondary N) is 1. The van der Waals surface area contributed by atoms with Crippen LogP contribution in [0.4, 0.5) is 0 Å². The zero-order valence-corrected chi connectivity index (χ0v) is 16.4. The minimum Gasteiger partial charge on any atom is -0.493 e. The van der Waals surface area contributed by atoms with Crippen LogP contribution in [-0.4, -0.2) is 43.1 Å². The van der Waals surface area contributed by atoms with Gasteiger partial charge in [-0.05, 0) is 62.4 Å². The molecule has 2 aromatic carbocycles. The zero-order valence-electron chi connectivity index (χ0n) is 16.4. The van der Waals surface area contributed by atoms with Gasteiger partial charge in [0, 0.05) is 31.2 Å². The summed E-state index contributed by atoms with van der Waals surface area (Å²) >= 11 is 0. The molecule has 1 N–H and O–H groups in total. The van der Waals surface area contributed by atoms with Gasteiger partial charge in [0.15, 0.2) is 0 Å². The number of aryl methyl sites for hydroxylation is 2. The third-order valence-electron chi connectivity index (χ3n) is 5.18. The molecule has 0 bridgehead atoms. The van der Waals surface area contributed by atoms with E-state index in [1.165, 1.54) is 11.1 Å². The SMILES string of the molecule is Cc1ccc(C)c(OCCCN2CCC(NC(=O)c3ccccc3)CC2)c1. The number of rotatable bonds is 7. The van der Waals surface area contributed by atoms with E-state index in [0.717, 1.165) is 56.8 Å². The molecule has 0 saturated carbocycles. The molecule has 0 spiro atoms. The van der Waals surface area contributed by atoms with Gasteiger partial charge >= 0.3 is 0 Å². The van der Waals surface area contributed by atoms with Gasteiger partial charge in [-0.3, -0.25) is 4.79 Å². The fourth-order valence-electron chi connectivity index (χ4n) is 3.49. The molecular formula is C23H30N2O2. The molecule has 1 saturated heterocycles. The van der Waals surface area contributed by atoms with Crippen LogP contribution in [0, 0.1) is 13.8 Å². The Balaban J connectivity index is 1.34. The molecule has 3 rings (SSSR count). The molecule has 2 aromatic rings. The Bertz CT molecular complexity index is 737. The summed E-state index contributed by atoms with van der Waals surface area (Å²) in [5.74, 6) is 1.04. The predicted molar refractivity (Wildman–Crippen MR) is 109 cm³/mol. The molecule has 0 atom stereocenters. The van der Waals surface area contributed by atoms with Crippen molar-refractivity contribution in [3.63, 3.8) is 0 Å². The standard InChI is InChI=1S/C23H30N2O2/c1-18-9-10-19(2)22(17-18)27-16-6-13-25-14-11-21(12-15-25)24-23(26)20-7-4-3-5-8-20/h3-5,7-10,17,21H,6,11-16H2,1-2H3,(H,24,26). The van der Waals surface area contributed by atoms with Gasteiger partial charge < -0.3 is 15.0 Å². The summed E-state index contributed by atoms with van der Waals surface area (Å²) in [6, 6.07) is 16.1. The lowest BCUT2D eigenvalue weighted by Crippen LogP contribution is -2.45. The summed E-state index contributed by atoms with van der Waals surface area (Å²) in [5, 5.41) is 3.17. The Kier molecular flexibility index (Phi) is 6.88. The third kappa shape index (κ3) is 5.83. The minimum atomic E-state index is 0.0379. The second-order valence-corrected chi connectivity index (χ2v) is 7.43. The quantitative estimate of drug-likeness (QED) is 0.754. The second-order valence-electron chi connectivity index (χ2n) is 7.43. The summed E-state index contributed by atoms with van der Waals surface area (Å²) in [7, 11) is 0. The second kappa shape index (κ2) is 9.56. The number of amides is 1. The fraction of sp³-hybridized carbons (Fsp3) is 0.435. The first kappa shape index (κ1) is 19.4. The monoisotopic (exact) mass is 366 g/mol. The van der Waals surface area contributed by atoms with Crippen molar-refractivity contribution in [3.8, 4) is 5.75 Å². The number of likely N-dealkylation sites (tertiary alicyclic amines) is 1. The van der Waals surface area contributed by atoms with E-state index in [1.807, 2.05) is 30.3 Å². The number of hydrogen-bond acceptors (Lipinski definition) is 3. The van der Waals surface area contributed by atoms with Crippen LogP contribution >= 0.6 is 0 Å². The lowest BCUT2D eigenvalue weighted by molar-refractivity contribution is 0.0909. The van der Waals surface area contributed by atoms with E-state index >= 15 is 0 Å². The summed E-state index contributed by atoms with van der Waals surface area (Å²) in [4.78, 5) is 14.7. The molecule has 1 aliphatic heterocycles. The Morgan fingerprint density at radius 1 is 1.11 bits per heavy atom. The van der Waals surface area contributed by atoms with Crippen LogP contribution in [0.15, 0.2) is 48.5 Å². The number of ether oxygens (including phenoxy) is 1. The Morgan fingerprint density at radius 2 is 1.85 bits per heavy atom. The van der Waals surface area contributed by atoms with Crippen LogP contribution in [0.3, 0.4) is 0 Å². The van der Waals surface area contributed by atoms with E-state index in [0.29, 0.717) is 0 Å². The lowest BCUT2D eigenvalue weighted by atomic mass is 10.0. The van der Waals surface area contributed by atoms with E-state index in [1.54, 1.807) is 0 Å². The number of piperidine rings is 1. The highest BCUT2D eigenvalue weighted by molar-refractivity contribution is 5.94. The van der Waals surface area contributed by atoms with E-state index < -0.39 is 0 Å². The van der Waals surface area contributed by atoms with E-state index in [-0.39, 0.29) is 11.9 Å². The van der Waals surface area contributed by atoms with Crippen molar-refractivity contribution in [1.29, 1.82) is 0 Å². The van der Waals surface area contributed by atoms with Gasteiger partial charge in [-0.25, -0.2) is 0 Å². The molecule has 4 heteroatoms. The number of benzene rings is 2. The number of carbonyl (C=O) groups is 1. The van der Waals surface area contributed by atoms with Crippen LogP contribution in [0.5, 0.6) is 5.75 Å². The first-order valence-electron chi connectivity index (χ1n) is 9.90. The topological polar surface area (TPSA) is 41.6 Å². The van der Waals surface area contributed by atoms with Gasteiger partial charge in [-0.1, -0.05) is 30.3 Å². The highest BCUT2D eigenvalue weighted by Gasteiger charge is 2.20. The number of carbonyl (C=O) groups excluding carboxylic acids is 1. The van der Waals surface area contributed by atoms with Gasteiger partial charge in [0.25, 0.3) is 5.91 Å². The molecule has 27 heavy (non-hydrogen) atoms. The highest BCUT2D eigenvalue weighted by Crippen LogP contribution is 2.19. The summed E-state index contributed by atoms with van der Waals surface area (Å²) in [6.45, 7) is 8.03. The summed E-state index contributed by atoms with van der Waals surface area (Å²) in [6.07, 6.45) is 3.04. The molecule has 0 aliphatic carbocycles. The van der Waals surface area contributed by atoms with E-state index in [4.69, 9.17) is 4.74 Å². The molecule has 144 valence electrons. The highest BCUT2D eigenvalue weighted by atomic mass is 16.5. The van der Waals surface area contributed by atoms with E-state index in [9.17, 15) is 4.79 Å². The largest absolute Gasteiger partial charge is 0.493 e. The summed E-state index contributed by atoms with van der Waals surface area (Å²) < 4.78 is 5.95. The Morgan fingerprint density at radius 3 is 2.59 bits per heavy atom. The maximum absolute atomic E-state index is 12.3. The molecule has 1 aliphatic rings.